The van der Waals surface area contributed by atoms with Crippen LogP contribution in [0.15, 0.2) is 24.0 Å². The normalized spacial score (nSPS) is 20.2. The van der Waals surface area contributed by atoms with E-state index in [9.17, 15) is 13.2 Å². The first-order chi connectivity index (χ1) is 5.65. The zero-order valence-electron chi connectivity index (χ0n) is 6.02. The van der Waals surface area contributed by atoms with Crippen LogP contribution in [0.2, 0.25) is 0 Å². The first-order valence-corrected chi connectivity index (χ1v) is 4.23. The van der Waals surface area contributed by atoms with E-state index in [4.69, 9.17) is 5.11 Å². The maximum Gasteiger partial charge on any atom is 0.217 e. The highest BCUT2D eigenvalue weighted by Gasteiger charge is 2.14. The van der Waals surface area contributed by atoms with E-state index in [2.05, 4.69) is 0 Å². The fourth-order valence-corrected chi connectivity index (χ4v) is 1.29. The second-order valence-electron chi connectivity index (χ2n) is 2.23. The molecule has 0 aromatic carbocycles. The van der Waals surface area contributed by atoms with Gasteiger partial charge in [-0.2, -0.15) is 8.42 Å². The van der Waals surface area contributed by atoms with Crippen LogP contribution in [0, 0.1) is 0 Å². The van der Waals surface area contributed by atoms with Crippen LogP contribution in [0.5, 0.6) is 0 Å². The van der Waals surface area contributed by atoms with Crippen molar-refractivity contribution in [3.63, 3.8) is 0 Å². The summed E-state index contributed by atoms with van der Waals surface area (Å²) in [6.07, 6.45) is 2.97. The van der Waals surface area contributed by atoms with E-state index in [0.717, 1.165) is 6.08 Å². The molecule has 4 nitrogen and oxygen atoms in total. The molecule has 0 aromatic heterocycles. The Morgan fingerprint density at radius 2 is 2.08 bits per heavy atom. The van der Waals surface area contributed by atoms with Crippen molar-refractivity contribution in [1.82, 2.24) is 0 Å². The summed E-state index contributed by atoms with van der Waals surface area (Å²) in [5, 5.41) is 8.53. The fraction of sp³-hybridized carbons (Fsp3) is 0.143. The molecule has 0 unspecified atom stereocenters. The average Bonchev–Trinajstić information content (AvgIpc) is 2.05. The standard InChI is InChI=1S/C7H6O4S/c8-4-5-3-6(12(10)11)1-2-7(5)9/h1-2,4,8H,3H2. The Bertz CT molecular complexity index is 389. The number of carbonyl (C=O) groups excluding carboxylic acids is 1. The third-order valence-corrected chi connectivity index (χ3v) is 2.18. The zero-order valence-corrected chi connectivity index (χ0v) is 6.84. The van der Waals surface area contributed by atoms with Gasteiger partial charge in [0.2, 0.25) is 10.3 Å². The molecule has 0 heterocycles. The number of aliphatic hydroxyl groups is 1. The molecule has 1 N–H and O–H groups in total. The molecule has 1 rings (SSSR count). The van der Waals surface area contributed by atoms with Gasteiger partial charge in [-0.1, -0.05) is 0 Å². The molecular weight excluding hydrogens is 180 g/mol. The van der Waals surface area contributed by atoms with Crippen molar-refractivity contribution in [1.29, 1.82) is 0 Å². The average molecular weight is 186 g/mol. The summed E-state index contributed by atoms with van der Waals surface area (Å²) < 4.78 is 20.8. The topological polar surface area (TPSA) is 71.4 Å². The molecule has 0 aliphatic heterocycles. The second-order valence-corrected chi connectivity index (χ2v) is 3.22. The van der Waals surface area contributed by atoms with Gasteiger partial charge in [-0.15, -0.1) is 0 Å². The second kappa shape index (κ2) is 3.36. The van der Waals surface area contributed by atoms with Crippen LogP contribution in [0.1, 0.15) is 6.42 Å². The molecule has 0 saturated heterocycles. The van der Waals surface area contributed by atoms with Crippen molar-refractivity contribution in [2.24, 2.45) is 0 Å². The number of allylic oxidation sites excluding steroid dienone is 3. The summed E-state index contributed by atoms with van der Waals surface area (Å²) in [6.45, 7) is 0. The van der Waals surface area contributed by atoms with Crippen LogP contribution in [-0.4, -0.2) is 24.2 Å². The summed E-state index contributed by atoms with van der Waals surface area (Å²) in [5.41, 5.74) is 0.0942. The van der Waals surface area contributed by atoms with E-state index >= 15 is 0 Å². The number of rotatable bonds is 0. The molecule has 1 aliphatic rings. The monoisotopic (exact) mass is 186 g/mol. The Labute approximate surface area is 70.4 Å². The quantitative estimate of drug-likeness (QED) is 0.328. The van der Waals surface area contributed by atoms with Gasteiger partial charge in [0.1, 0.15) is 0 Å². The molecule has 0 spiro atoms. The largest absolute Gasteiger partial charge is 0.515 e. The van der Waals surface area contributed by atoms with Crippen LogP contribution in [-0.2, 0) is 15.1 Å². The Hall–Kier alpha value is -1.36. The van der Waals surface area contributed by atoms with Crippen LogP contribution in [0.4, 0.5) is 0 Å². The van der Waals surface area contributed by atoms with Gasteiger partial charge < -0.3 is 5.11 Å². The van der Waals surface area contributed by atoms with Gasteiger partial charge in [0.25, 0.3) is 0 Å². The summed E-state index contributed by atoms with van der Waals surface area (Å²) in [7, 11) is -2.31. The van der Waals surface area contributed by atoms with Crippen LogP contribution >= 0.6 is 0 Å². The minimum absolute atomic E-state index is 0.0258. The fourth-order valence-electron chi connectivity index (χ4n) is 0.833. The summed E-state index contributed by atoms with van der Waals surface area (Å²) >= 11 is 0. The third kappa shape index (κ3) is 1.62. The van der Waals surface area contributed by atoms with Crippen molar-refractivity contribution in [3.05, 3.63) is 24.0 Å². The molecular formula is C7H6O4S. The Morgan fingerprint density at radius 3 is 2.58 bits per heavy atom. The molecule has 0 fully saturated rings. The lowest BCUT2D eigenvalue weighted by atomic mass is 10.0. The van der Waals surface area contributed by atoms with Crippen molar-refractivity contribution in [3.8, 4) is 0 Å². The molecule has 0 amide bonds. The highest BCUT2D eigenvalue weighted by molar-refractivity contribution is 7.73. The van der Waals surface area contributed by atoms with E-state index in [1.165, 1.54) is 6.08 Å². The van der Waals surface area contributed by atoms with Crippen molar-refractivity contribution < 1.29 is 18.3 Å². The molecule has 0 bridgehead atoms. The zero-order chi connectivity index (χ0) is 9.14. The predicted molar refractivity (Wildman–Crippen MR) is 43.4 cm³/mol. The van der Waals surface area contributed by atoms with Gasteiger partial charge in [-0.25, -0.2) is 0 Å². The van der Waals surface area contributed by atoms with E-state index in [-0.39, 0.29) is 22.6 Å². The lowest BCUT2D eigenvalue weighted by molar-refractivity contribution is -0.111. The van der Waals surface area contributed by atoms with E-state index in [0.29, 0.717) is 6.26 Å². The molecule has 5 heteroatoms. The predicted octanol–water partition coefficient (Wildman–Crippen LogP) is 0.00880. The van der Waals surface area contributed by atoms with Gasteiger partial charge >= 0.3 is 0 Å². The maximum atomic E-state index is 10.9. The number of aliphatic hydroxyl groups excluding tert-OH is 1. The van der Waals surface area contributed by atoms with Crippen molar-refractivity contribution in [2.45, 2.75) is 6.42 Å². The molecule has 64 valence electrons. The summed E-state index contributed by atoms with van der Waals surface area (Å²) in [5.74, 6) is -0.355. The first-order valence-electron chi connectivity index (χ1n) is 3.16. The highest BCUT2D eigenvalue weighted by Crippen LogP contribution is 2.10. The Morgan fingerprint density at radius 1 is 1.42 bits per heavy atom. The molecule has 0 saturated carbocycles. The summed E-state index contributed by atoms with van der Waals surface area (Å²) in [4.78, 5) is 11.0. The Balaban J connectivity index is 3.19. The molecule has 1 aliphatic carbocycles. The molecule has 0 atom stereocenters. The van der Waals surface area contributed by atoms with E-state index < -0.39 is 10.3 Å². The third-order valence-electron chi connectivity index (χ3n) is 1.47. The smallest absolute Gasteiger partial charge is 0.217 e. The van der Waals surface area contributed by atoms with E-state index in [1.54, 1.807) is 0 Å². The van der Waals surface area contributed by atoms with Crippen molar-refractivity contribution >= 4 is 20.9 Å². The minimum atomic E-state index is -2.31. The number of hydrogen-bond donors (Lipinski definition) is 1. The lowest BCUT2D eigenvalue weighted by Gasteiger charge is -2.04. The highest BCUT2D eigenvalue weighted by atomic mass is 32.2. The number of ketones is 1. The molecule has 12 heavy (non-hydrogen) atoms. The van der Waals surface area contributed by atoms with Gasteiger partial charge in [0.15, 0.2) is 5.78 Å². The van der Waals surface area contributed by atoms with Crippen LogP contribution < -0.4 is 0 Å². The Kier molecular flexibility index (Phi) is 2.44. The molecule has 0 aromatic rings. The number of hydrogen-bond acceptors (Lipinski definition) is 4. The lowest BCUT2D eigenvalue weighted by Crippen LogP contribution is -2.11. The molecule has 0 radical (unpaired) electrons. The van der Waals surface area contributed by atoms with Gasteiger partial charge in [0, 0.05) is 12.0 Å². The first kappa shape index (κ1) is 8.73. The van der Waals surface area contributed by atoms with Gasteiger partial charge in [-0.05, 0) is 12.2 Å². The van der Waals surface area contributed by atoms with Crippen molar-refractivity contribution in [2.75, 3.05) is 0 Å². The SMILES string of the molecule is O=C1C=CC(=S(=O)=O)CC1=CO. The van der Waals surface area contributed by atoms with Gasteiger partial charge in [0.05, 0.1) is 11.1 Å². The minimum Gasteiger partial charge on any atom is -0.515 e. The van der Waals surface area contributed by atoms with E-state index in [1.807, 2.05) is 0 Å². The summed E-state index contributed by atoms with van der Waals surface area (Å²) in [6, 6.07) is 0. The number of carbonyl (C=O) groups is 1. The van der Waals surface area contributed by atoms with Crippen LogP contribution in [0.3, 0.4) is 0 Å². The van der Waals surface area contributed by atoms with Gasteiger partial charge in [-0.3, -0.25) is 4.79 Å². The van der Waals surface area contributed by atoms with Crippen LogP contribution in [0.25, 0.3) is 0 Å². The maximum absolute atomic E-state index is 10.9.